The Hall–Kier alpha value is -2.64. The van der Waals surface area contributed by atoms with Gasteiger partial charge in [0.15, 0.2) is 34.7 Å². The molecule has 0 aliphatic carbocycles. The molecule has 4 N–H and O–H groups in total. The van der Waals surface area contributed by atoms with E-state index in [0.717, 1.165) is 0 Å². The van der Waals surface area contributed by atoms with Gasteiger partial charge in [0, 0.05) is 11.6 Å². The Kier molecular flexibility index (Phi) is 3.09. The van der Waals surface area contributed by atoms with Gasteiger partial charge in [-0.25, -0.2) is 13.2 Å². The molecule has 106 valence electrons. The van der Waals surface area contributed by atoms with Crippen LogP contribution in [0.5, 0.6) is 23.0 Å². The average Bonchev–Trinajstić information content (AvgIpc) is 2.39. The van der Waals surface area contributed by atoms with Gasteiger partial charge in [-0.1, -0.05) is 0 Å². The lowest BCUT2D eigenvalue weighted by molar-refractivity contribution is 0.348. The van der Waals surface area contributed by atoms with Gasteiger partial charge in [-0.3, -0.25) is 0 Å². The van der Waals surface area contributed by atoms with Crippen LogP contribution >= 0.6 is 0 Å². The molecule has 4 nitrogen and oxygen atoms in total. The second-order valence-electron chi connectivity index (χ2n) is 3.84. The smallest absolute Gasteiger partial charge is 0.212 e. The Morgan fingerprint density at radius 3 is 1.65 bits per heavy atom. The maximum atomic E-state index is 13.7. The Morgan fingerprint density at radius 1 is 0.650 bits per heavy atom. The van der Waals surface area contributed by atoms with Gasteiger partial charge >= 0.3 is 0 Å². The minimum absolute atomic E-state index is 0.470. The van der Waals surface area contributed by atoms with Crippen LogP contribution in [0.2, 0.25) is 0 Å². The third-order valence-electron chi connectivity index (χ3n) is 2.59. The van der Waals surface area contributed by atoms with E-state index in [4.69, 9.17) is 15.3 Å². The number of hydrogen-bond donors (Lipinski definition) is 4. The van der Waals surface area contributed by atoms with Crippen molar-refractivity contribution >= 4 is 0 Å². The molecule has 0 radical (unpaired) electrons. The molecule has 0 heterocycles. The molecule has 0 atom stereocenters. The fourth-order valence-electron chi connectivity index (χ4n) is 1.65. The van der Waals surface area contributed by atoms with Gasteiger partial charge in [0.2, 0.25) is 5.82 Å². The number of benzene rings is 2. The van der Waals surface area contributed by atoms with Crippen LogP contribution in [0.25, 0.3) is 11.1 Å². The molecule has 0 aliphatic heterocycles. The van der Waals surface area contributed by atoms with Crippen molar-refractivity contribution in [2.75, 3.05) is 0 Å². The van der Waals surface area contributed by atoms with Crippen molar-refractivity contribution < 1.29 is 38.0 Å². The third-order valence-corrected chi connectivity index (χ3v) is 2.59. The lowest BCUT2D eigenvalue weighted by Crippen LogP contribution is -1.97. The lowest BCUT2D eigenvalue weighted by Gasteiger charge is -2.12. The van der Waals surface area contributed by atoms with Crippen LogP contribution in [-0.2, 0) is 0 Å². The molecular weight excluding hydrogens is 284 g/mol. The summed E-state index contributed by atoms with van der Waals surface area (Å²) in [7, 11) is 0. The SMILES string of the molecule is Oc1cc(F)c(O)c(-c2c(F)c(O)c(F)c(O)c2F)c1. The highest BCUT2D eigenvalue weighted by atomic mass is 19.1. The van der Waals surface area contributed by atoms with Gasteiger partial charge in [-0.2, -0.15) is 4.39 Å². The maximum Gasteiger partial charge on any atom is 0.212 e. The van der Waals surface area contributed by atoms with Gasteiger partial charge in [0.25, 0.3) is 0 Å². The summed E-state index contributed by atoms with van der Waals surface area (Å²) in [6.07, 6.45) is 0. The van der Waals surface area contributed by atoms with Gasteiger partial charge in [0.05, 0.1) is 5.56 Å². The van der Waals surface area contributed by atoms with Crippen molar-refractivity contribution in [1.29, 1.82) is 0 Å². The molecule has 2 rings (SSSR count). The molecule has 0 spiro atoms. The first-order valence-corrected chi connectivity index (χ1v) is 5.06. The highest BCUT2D eigenvalue weighted by Gasteiger charge is 2.28. The molecule has 2 aromatic carbocycles. The van der Waals surface area contributed by atoms with Gasteiger partial charge in [-0.05, 0) is 6.07 Å². The van der Waals surface area contributed by atoms with Crippen LogP contribution < -0.4 is 0 Å². The first-order chi connectivity index (χ1) is 9.25. The van der Waals surface area contributed by atoms with Crippen LogP contribution in [0.1, 0.15) is 0 Å². The first kappa shape index (κ1) is 13.8. The second kappa shape index (κ2) is 4.48. The van der Waals surface area contributed by atoms with Crippen molar-refractivity contribution in [3.63, 3.8) is 0 Å². The predicted octanol–water partition coefficient (Wildman–Crippen LogP) is 2.73. The Morgan fingerprint density at radius 2 is 1.15 bits per heavy atom. The first-order valence-electron chi connectivity index (χ1n) is 5.06. The summed E-state index contributed by atoms with van der Waals surface area (Å²) >= 11 is 0. The highest BCUT2D eigenvalue weighted by Crippen LogP contribution is 2.44. The van der Waals surface area contributed by atoms with Crippen molar-refractivity contribution in [3.05, 3.63) is 35.4 Å². The molecule has 0 fully saturated rings. The van der Waals surface area contributed by atoms with Crippen LogP contribution in [0, 0.1) is 23.3 Å². The van der Waals surface area contributed by atoms with E-state index in [9.17, 15) is 22.7 Å². The monoisotopic (exact) mass is 290 g/mol. The van der Waals surface area contributed by atoms with Crippen LogP contribution in [0.15, 0.2) is 12.1 Å². The molecular formula is C12H6F4O4. The summed E-state index contributed by atoms with van der Waals surface area (Å²) < 4.78 is 53.6. The third kappa shape index (κ3) is 1.85. The standard InChI is InChI=1S/C12H6F4O4/c13-5-2-3(17)1-4(10(5)18)6-7(14)11(19)9(16)12(20)8(6)15/h1-2,17-20H. The van der Waals surface area contributed by atoms with Gasteiger partial charge in [0.1, 0.15) is 5.75 Å². The van der Waals surface area contributed by atoms with Crippen LogP contribution in [0.3, 0.4) is 0 Å². The summed E-state index contributed by atoms with van der Waals surface area (Å²) in [5.74, 6) is -12.5. The quantitative estimate of drug-likeness (QED) is 0.481. The number of halogens is 4. The molecule has 8 heteroatoms. The minimum Gasteiger partial charge on any atom is -0.508 e. The van der Waals surface area contributed by atoms with Gasteiger partial charge in [-0.15, -0.1) is 0 Å². The molecule has 0 aliphatic rings. The largest absolute Gasteiger partial charge is 0.508 e. The summed E-state index contributed by atoms with van der Waals surface area (Å²) in [6.45, 7) is 0. The number of hydrogen-bond acceptors (Lipinski definition) is 4. The topological polar surface area (TPSA) is 80.9 Å². The summed E-state index contributed by atoms with van der Waals surface area (Å²) in [5.41, 5.74) is -2.18. The summed E-state index contributed by atoms with van der Waals surface area (Å²) in [6, 6.07) is 1.05. The zero-order valence-electron chi connectivity index (χ0n) is 9.46. The average molecular weight is 290 g/mol. The molecule has 0 saturated carbocycles. The summed E-state index contributed by atoms with van der Waals surface area (Å²) in [4.78, 5) is 0. The van der Waals surface area contributed by atoms with E-state index >= 15 is 0 Å². The van der Waals surface area contributed by atoms with Crippen LogP contribution in [0.4, 0.5) is 17.6 Å². The zero-order chi connectivity index (χ0) is 15.2. The van der Waals surface area contributed by atoms with E-state index in [1.807, 2.05) is 0 Å². The highest BCUT2D eigenvalue weighted by molar-refractivity contribution is 5.75. The molecule has 0 saturated heterocycles. The number of phenols is 4. The molecule has 20 heavy (non-hydrogen) atoms. The molecule has 0 aromatic heterocycles. The van der Waals surface area contributed by atoms with Crippen molar-refractivity contribution in [3.8, 4) is 34.1 Å². The number of aromatic hydroxyl groups is 4. The van der Waals surface area contributed by atoms with Crippen molar-refractivity contribution in [2.24, 2.45) is 0 Å². The maximum absolute atomic E-state index is 13.7. The normalized spacial score (nSPS) is 10.8. The Labute approximate surface area is 108 Å². The summed E-state index contributed by atoms with van der Waals surface area (Å²) in [5, 5.41) is 36.7. The lowest BCUT2D eigenvalue weighted by atomic mass is 10.0. The number of phenolic OH excluding ortho intramolecular Hbond substituents is 4. The predicted molar refractivity (Wildman–Crippen MR) is 58.4 cm³/mol. The Balaban J connectivity index is 2.91. The molecule has 0 amide bonds. The zero-order valence-corrected chi connectivity index (χ0v) is 9.46. The molecule has 2 aromatic rings. The number of rotatable bonds is 1. The molecule has 0 unspecified atom stereocenters. The van der Waals surface area contributed by atoms with E-state index in [1.54, 1.807) is 0 Å². The second-order valence-corrected chi connectivity index (χ2v) is 3.84. The van der Waals surface area contributed by atoms with E-state index < -0.39 is 57.4 Å². The van der Waals surface area contributed by atoms with Crippen molar-refractivity contribution in [1.82, 2.24) is 0 Å². The van der Waals surface area contributed by atoms with Crippen molar-refractivity contribution in [2.45, 2.75) is 0 Å². The van der Waals surface area contributed by atoms with Gasteiger partial charge < -0.3 is 20.4 Å². The van der Waals surface area contributed by atoms with Crippen LogP contribution in [-0.4, -0.2) is 20.4 Å². The molecule has 0 bridgehead atoms. The fourth-order valence-corrected chi connectivity index (χ4v) is 1.65. The Bertz CT molecular complexity index is 686. The van der Waals surface area contributed by atoms with E-state index in [1.165, 1.54) is 0 Å². The van der Waals surface area contributed by atoms with E-state index in [-0.39, 0.29) is 0 Å². The fraction of sp³-hybridized carbons (Fsp3) is 0. The minimum atomic E-state index is -1.94. The van der Waals surface area contributed by atoms with E-state index in [2.05, 4.69) is 0 Å². The van der Waals surface area contributed by atoms with E-state index in [0.29, 0.717) is 12.1 Å².